The van der Waals surface area contributed by atoms with Gasteiger partial charge in [-0.1, -0.05) is 32.6 Å². The molecule has 2 aliphatic rings. The Bertz CT molecular complexity index is 258. The molecule has 2 aliphatic heterocycles. The minimum absolute atomic E-state index is 0.139. The minimum atomic E-state index is 0.139. The van der Waals surface area contributed by atoms with Crippen LogP contribution in [0.4, 0.5) is 0 Å². The van der Waals surface area contributed by atoms with Gasteiger partial charge < -0.3 is 14.8 Å². The van der Waals surface area contributed by atoms with E-state index >= 15 is 0 Å². The smallest absolute Gasteiger partial charge is 0.0729 e. The maximum Gasteiger partial charge on any atom is 0.0729 e. The van der Waals surface area contributed by atoms with Crippen LogP contribution in [0.3, 0.4) is 0 Å². The van der Waals surface area contributed by atoms with Crippen LogP contribution in [-0.4, -0.2) is 38.5 Å². The Balaban J connectivity index is 1.82. The standard InChI is InChI=1S/C17H33NO2/c1-3-4-5-6-7-16(18-2)15-8-11-20-17(14-15)9-12-19-13-10-17/h15-16,18H,3-14H2,1-2H3. The van der Waals surface area contributed by atoms with Crippen LogP contribution in [-0.2, 0) is 9.47 Å². The number of ether oxygens (including phenoxy) is 2. The van der Waals surface area contributed by atoms with Crippen molar-refractivity contribution in [1.82, 2.24) is 5.32 Å². The van der Waals surface area contributed by atoms with Crippen LogP contribution in [0.2, 0.25) is 0 Å². The lowest BCUT2D eigenvalue weighted by atomic mass is 9.77. The molecule has 3 nitrogen and oxygen atoms in total. The summed E-state index contributed by atoms with van der Waals surface area (Å²) in [5.74, 6) is 0.786. The van der Waals surface area contributed by atoms with Crippen molar-refractivity contribution in [3.05, 3.63) is 0 Å². The Morgan fingerprint density at radius 2 is 1.95 bits per heavy atom. The van der Waals surface area contributed by atoms with Crippen LogP contribution in [0.15, 0.2) is 0 Å². The van der Waals surface area contributed by atoms with Crippen molar-refractivity contribution in [3.63, 3.8) is 0 Å². The predicted molar refractivity (Wildman–Crippen MR) is 83.1 cm³/mol. The average Bonchev–Trinajstić information content (AvgIpc) is 2.48. The molecular formula is C17H33NO2. The maximum atomic E-state index is 6.17. The van der Waals surface area contributed by atoms with E-state index in [9.17, 15) is 0 Å². The summed E-state index contributed by atoms with van der Waals surface area (Å²) in [6, 6.07) is 0.676. The van der Waals surface area contributed by atoms with E-state index in [2.05, 4.69) is 19.3 Å². The van der Waals surface area contributed by atoms with Crippen molar-refractivity contribution in [2.75, 3.05) is 26.9 Å². The fraction of sp³-hybridized carbons (Fsp3) is 1.00. The molecule has 2 rings (SSSR count). The highest BCUT2D eigenvalue weighted by molar-refractivity contribution is 4.92. The van der Waals surface area contributed by atoms with Gasteiger partial charge in [0.15, 0.2) is 0 Å². The molecule has 2 atom stereocenters. The molecule has 0 aliphatic carbocycles. The zero-order valence-corrected chi connectivity index (χ0v) is 13.5. The third-order valence-corrected chi connectivity index (χ3v) is 5.24. The van der Waals surface area contributed by atoms with Gasteiger partial charge in [-0.25, -0.2) is 0 Å². The Labute approximate surface area is 124 Å². The third-order valence-electron chi connectivity index (χ3n) is 5.24. The lowest BCUT2D eigenvalue weighted by Gasteiger charge is -2.45. The minimum Gasteiger partial charge on any atom is -0.381 e. The average molecular weight is 283 g/mol. The zero-order chi connectivity index (χ0) is 14.3. The van der Waals surface area contributed by atoms with Gasteiger partial charge in [0, 0.05) is 25.9 Å². The molecule has 0 saturated carbocycles. The van der Waals surface area contributed by atoms with Crippen molar-refractivity contribution in [3.8, 4) is 0 Å². The van der Waals surface area contributed by atoms with Crippen LogP contribution in [0, 0.1) is 5.92 Å². The summed E-state index contributed by atoms with van der Waals surface area (Å²) >= 11 is 0. The summed E-state index contributed by atoms with van der Waals surface area (Å²) in [6.45, 7) is 4.99. The van der Waals surface area contributed by atoms with Crippen molar-refractivity contribution in [2.24, 2.45) is 5.92 Å². The number of unbranched alkanes of at least 4 members (excludes halogenated alkanes) is 3. The fourth-order valence-electron chi connectivity index (χ4n) is 3.91. The van der Waals surface area contributed by atoms with Gasteiger partial charge in [-0.2, -0.15) is 0 Å². The van der Waals surface area contributed by atoms with Gasteiger partial charge in [0.1, 0.15) is 0 Å². The van der Waals surface area contributed by atoms with Crippen molar-refractivity contribution in [1.29, 1.82) is 0 Å². The Morgan fingerprint density at radius 1 is 1.15 bits per heavy atom. The first-order valence-electron chi connectivity index (χ1n) is 8.68. The summed E-state index contributed by atoms with van der Waals surface area (Å²) < 4.78 is 11.7. The second kappa shape index (κ2) is 8.35. The summed E-state index contributed by atoms with van der Waals surface area (Å²) in [5, 5.41) is 3.58. The first-order valence-corrected chi connectivity index (χ1v) is 8.68. The van der Waals surface area contributed by atoms with E-state index in [0.717, 1.165) is 38.6 Å². The molecule has 20 heavy (non-hydrogen) atoms. The molecule has 2 unspecified atom stereocenters. The molecule has 0 bridgehead atoms. The Morgan fingerprint density at radius 3 is 2.65 bits per heavy atom. The fourth-order valence-corrected chi connectivity index (χ4v) is 3.91. The maximum absolute atomic E-state index is 6.17. The van der Waals surface area contributed by atoms with E-state index in [4.69, 9.17) is 9.47 Å². The second-order valence-corrected chi connectivity index (χ2v) is 6.64. The van der Waals surface area contributed by atoms with Crippen LogP contribution >= 0.6 is 0 Å². The lowest BCUT2D eigenvalue weighted by Crippen LogP contribution is -2.48. The van der Waals surface area contributed by atoms with Gasteiger partial charge in [-0.3, -0.25) is 0 Å². The van der Waals surface area contributed by atoms with E-state index in [1.165, 1.54) is 44.9 Å². The summed E-state index contributed by atoms with van der Waals surface area (Å²) in [6.07, 6.45) is 11.4. The molecule has 1 N–H and O–H groups in total. The van der Waals surface area contributed by atoms with Gasteiger partial charge in [-0.15, -0.1) is 0 Å². The number of rotatable bonds is 7. The first kappa shape index (κ1) is 16.3. The molecule has 0 radical (unpaired) electrons. The summed E-state index contributed by atoms with van der Waals surface area (Å²) in [4.78, 5) is 0. The van der Waals surface area contributed by atoms with Gasteiger partial charge >= 0.3 is 0 Å². The predicted octanol–water partition coefficient (Wildman–Crippen LogP) is 3.52. The first-order chi connectivity index (χ1) is 9.79. The molecule has 2 saturated heterocycles. The van der Waals surface area contributed by atoms with E-state index < -0.39 is 0 Å². The van der Waals surface area contributed by atoms with Crippen molar-refractivity contribution >= 4 is 0 Å². The summed E-state index contributed by atoms with van der Waals surface area (Å²) in [5.41, 5.74) is 0.139. The molecule has 0 aromatic rings. The summed E-state index contributed by atoms with van der Waals surface area (Å²) in [7, 11) is 2.14. The number of nitrogens with one attached hydrogen (secondary N) is 1. The Kier molecular flexibility index (Phi) is 6.79. The van der Waals surface area contributed by atoms with Crippen LogP contribution in [0.1, 0.15) is 64.7 Å². The number of hydrogen-bond donors (Lipinski definition) is 1. The second-order valence-electron chi connectivity index (χ2n) is 6.64. The molecule has 1 spiro atoms. The zero-order valence-electron chi connectivity index (χ0n) is 13.5. The van der Waals surface area contributed by atoms with E-state index in [-0.39, 0.29) is 5.60 Å². The van der Waals surface area contributed by atoms with E-state index in [1.54, 1.807) is 0 Å². The van der Waals surface area contributed by atoms with Gasteiger partial charge in [0.25, 0.3) is 0 Å². The molecule has 0 amide bonds. The van der Waals surface area contributed by atoms with Gasteiger partial charge in [0.05, 0.1) is 5.60 Å². The van der Waals surface area contributed by atoms with E-state index in [1.807, 2.05) is 0 Å². The monoisotopic (exact) mass is 283 g/mol. The topological polar surface area (TPSA) is 30.5 Å². The molecule has 118 valence electrons. The Hall–Kier alpha value is -0.120. The van der Waals surface area contributed by atoms with E-state index in [0.29, 0.717) is 6.04 Å². The van der Waals surface area contributed by atoms with Gasteiger partial charge in [0.2, 0.25) is 0 Å². The lowest BCUT2D eigenvalue weighted by molar-refractivity contribution is -0.150. The van der Waals surface area contributed by atoms with Crippen molar-refractivity contribution < 1.29 is 9.47 Å². The molecule has 3 heteroatoms. The highest BCUT2D eigenvalue weighted by Gasteiger charge is 2.40. The van der Waals surface area contributed by atoms with Gasteiger partial charge in [-0.05, 0) is 45.1 Å². The molecule has 0 aromatic carbocycles. The normalized spacial score (nSPS) is 27.6. The van der Waals surface area contributed by atoms with Crippen LogP contribution in [0.5, 0.6) is 0 Å². The molecule has 0 aromatic heterocycles. The quantitative estimate of drug-likeness (QED) is 0.725. The largest absolute Gasteiger partial charge is 0.381 e. The highest BCUT2D eigenvalue weighted by atomic mass is 16.5. The molecule has 2 fully saturated rings. The van der Waals surface area contributed by atoms with Crippen molar-refractivity contribution in [2.45, 2.75) is 76.4 Å². The molecule has 2 heterocycles. The molecular weight excluding hydrogens is 250 g/mol. The highest BCUT2D eigenvalue weighted by Crippen LogP contribution is 2.38. The number of hydrogen-bond acceptors (Lipinski definition) is 3. The van der Waals surface area contributed by atoms with Crippen LogP contribution < -0.4 is 5.32 Å². The SMILES string of the molecule is CCCCCCC(NC)C1CCOC2(CCOCC2)C1. The van der Waals surface area contributed by atoms with Crippen LogP contribution in [0.25, 0.3) is 0 Å². The third kappa shape index (κ3) is 4.44.